The van der Waals surface area contributed by atoms with Gasteiger partial charge in [-0.05, 0) is 46.6 Å². The van der Waals surface area contributed by atoms with Crippen molar-refractivity contribution in [3.05, 3.63) is 112 Å². The molecule has 4 N–H and O–H groups in total. The van der Waals surface area contributed by atoms with Crippen LogP contribution in [-0.2, 0) is 27.8 Å². The number of nitrogens with one attached hydrogen (secondary N) is 3. The first kappa shape index (κ1) is 31.1. The monoisotopic (exact) mass is 695 g/mol. The lowest BCUT2D eigenvalue weighted by molar-refractivity contribution is -0.135. The van der Waals surface area contributed by atoms with Crippen LogP contribution < -0.4 is 20.7 Å². The first-order valence-corrected chi connectivity index (χ1v) is 17.9. The second-order valence-electron chi connectivity index (χ2n) is 15.1. The minimum atomic E-state index is -1.27. The molecule has 4 aliphatic heterocycles. The molecule has 0 radical (unpaired) electrons. The maximum atomic E-state index is 14.1. The first-order valence-electron chi connectivity index (χ1n) is 17.9. The van der Waals surface area contributed by atoms with Gasteiger partial charge >= 0.3 is 0 Å². The molecule has 0 fully saturated rings. The molecule has 0 saturated carbocycles. The van der Waals surface area contributed by atoms with Gasteiger partial charge in [0.25, 0.3) is 0 Å². The van der Waals surface area contributed by atoms with Crippen LogP contribution in [-0.4, -0.2) is 45.3 Å². The van der Waals surface area contributed by atoms with E-state index in [9.17, 15) is 14.7 Å². The largest absolute Gasteiger partial charge is 0.469 e. The third-order valence-electron chi connectivity index (χ3n) is 11.3. The van der Waals surface area contributed by atoms with Crippen molar-refractivity contribution in [2.24, 2.45) is 11.8 Å². The number of aromatic nitrogens is 2. The van der Waals surface area contributed by atoms with Crippen molar-refractivity contribution < 1.29 is 28.3 Å². The lowest BCUT2D eigenvalue weighted by Crippen LogP contribution is -2.52. The van der Waals surface area contributed by atoms with Crippen LogP contribution in [0.3, 0.4) is 0 Å². The van der Waals surface area contributed by atoms with Gasteiger partial charge in [0, 0.05) is 34.4 Å². The van der Waals surface area contributed by atoms with Gasteiger partial charge in [-0.3, -0.25) is 9.59 Å². The average Bonchev–Trinajstić information content (AvgIpc) is 3.95. The van der Waals surface area contributed by atoms with Crippen molar-refractivity contribution in [1.29, 1.82) is 0 Å². The summed E-state index contributed by atoms with van der Waals surface area (Å²) in [5.74, 6) is 0.846. The minimum Gasteiger partial charge on any atom is -0.469 e. The summed E-state index contributed by atoms with van der Waals surface area (Å²) in [5, 5.41) is 20.4. The molecule has 10 bridgehead atoms. The van der Waals surface area contributed by atoms with Gasteiger partial charge < -0.3 is 34.6 Å². The molecule has 1 aliphatic carbocycles. The molecule has 10 rings (SSSR count). The molecular formula is C41H37N5O6. The van der Waals surface area contributed by atoms with Crippen LogP contribution in [0.4, 0.5) is 5.69 Å². The molecular weight excluding hydrogens is 658 g/mol. The van der Waals surface area contributed by atoms with Crippen LogP contribution >= 0.6 is 0 Å². The summed E-state index contributed by atoms with van der Waals surface area (Å²) in [7, 11) is 0. The Bertz CT molecular complexity index is 2390. The van der Waals surface area contributed by atoms with E-state index in [2.05, 4.69) is 58.4 Å². The molecule has 2 amide bonds. The number of amides is 2. The molecule has 5 aliphatic rings. The summed E-state index contributed by atoms with van der Waals surface area (Å²) in [5.41, 5.74) is 8.29. The van der Waals surface area contributed by atoms with Gasteiger partial charge in [-0.1, -0.05) is 82.3 Å². The smallest absolute Gasteiger partial charge is 0.249 e. The Hall–Kier alpha value is -5.68. The maximum Gasteiger partial charge on any atom is 0.249 e. The fourth-order valence-corrected chi connectivity index (χ4v) is 8.66. The Morgan fingerprint density at radius 1 is 1.02 bits per heavy atom. The lowest BCUT2D eigenvalue weighted by atomic mass is 9.72. The van der Waals surface area contributed by atoms with Crippen LogP contribution in [0.1, 0.15) is 79.0 Å². The molecule has 1 spiro atoms. The van der Waals surface area contributed by atoms with E-state index in [-0.39, 0.29) is 24.1 Å². The lowest BCUT2D eigenvalue weighted by Gasteiger charge is -2.29. The van der Waals surface area contributed by atoms with Gasteiger partial charge in [0.1, 0.15) is 29.4 Å². The molecule has 2 aromatic heterocycles. The highest BCUT2D eigenvalue weighted by atomic mass is 16.5. The Morgan fingerprint density at radius 3 is 2.67 bits per heavy atom. The van der Waals surface area contributed by atoms with Gasteiger partial charge in [-0.15, -0.1) is 0 Å². The van der Waals surface area contributed by atoms with Crippen LogP contribution in [0.15, 0.2) is 75.7 Å². The van der Waals surface area contributed by atoms with E-state index in [1.54, 1.807) is 20.0 Å². The number of carbonyl (C=O) groups excluding carboxylic acids is 2. The van der Waals surface area contributed by atoms with Crippen molar-refractivity contribution in [1.82, 2.24) is 20.6 Å². The van der Waals surface area contributed by atoms with E-state index in [4.69, 9.17) is 23.5 Å². The number of para-hydroxylation sites is 1. The van der Waals surface area contributed by atoms with Gasteiger partial charge in [0.2, 0.25) is 23.6 Å². The predicted octanol–water partition coefficient (Wildman–Crippen LogP) is 5.65. The Labute approximate surface area is 299 Å². The number of hydrogen-bond acceptors (Lipinski definition) is 9. The molecule has 11 nitrogen and oxygen atoms in total. The molecule has 5 atom stereocenters. The molecule has 5 aromatic rings. The van der Waals surface area contributed by atoms with E-state index in [1.165, 1.54) is 5.56 Å². The zero-order valence-electron chi connectivity index (χ0n) is 29.1. The maximum absolute atomic E-state index is 14.1. The number of aliphatic hydroxyl groups excluding tert-OH is 1. The van der Waals surface area contributed by atoms with Crippen molar-refractivity contribution >= 4 is 23.1 Å². The first-order chi connectivity index (χ1) is 25.1. The quantitative estimate of drug-likeness (QED) is 0.187. The zero-order valence-corrected chi connectivity index (χ0v) is 29.1. The van der Waals surface area contributed by atoms with Crippen molar-refractivity contribution in [2.45, 2.75) is 70.4 Å². The van der Waals surface area contributed by atoms with Gasteiger partial charge in [-0.25, -0.2) is 9.97 Å². The number of benzene rings is 3. The van der Waals surface area contributed by atoms with Gasteiger partial charge in [-0.2, -0.15) is 0 Å². The number of anilines is 1. The Morgan fingerprint density at radius 2 is 1.85 bits per heavy atom. The number of carbonyl (C=O) groups is 2. The molecule has 52 heavy (non-hydrogen) atoms. The van der Waals surface area contributed by atoms with Crippen LogP contribution in [0, 0.1) is 11.8 Å². The standard InChI is InChI=1S/C41H37N5O6/c1-18(2)31-39-45-33-35(52-39)41-25-10-6-9-23(22-8-5-7-21-12-13-24(30(21)22)29-17-42-38(33)50-29)32(25)46-40(41)51-28-14-11-20(15-26(28)41)16-27(36(48)44-31)43-37(49)34(47)19(3)4/h5-11,13-15,17-19,27,31,34,40,46-47H,12,16H2,1-4H3,(H,43,49)(H,44,48)/t27-,31-,34-,40?,41-/m0/s1. The topological polar surface area (TPSA) is 152 Å². The van der Waals surface area contributed by atoms with E-state index in [0.717, 1.165) is 51.1 Å². The molecule has 262 valence electrons. The van der Waals surface area contributed by atoms with E-state index in [1.807, 2.05) is 32.0 Å². The summed E-state index contributed by atoms with van der Waals surface area (Å²) in [6.07, 6.45) is 2.99. The normalized spacial score (nSPS) is 23.4. The molecule has 1 unspecified atom stereocenters. The summed E-state index contributed by atoms with van der Waals surface area (Å²) in [6, 6.07) is 16.9. The number of fused-ring (bicyclic) bond motifs is 7. The summed E-state index contributed by atoms with van der Waals surface area (Å²) in [6.45, 7) is 7.46. The third kappa shape index (κ3) is 4.16. The van der Waals surface area contributed by atoms with Crippen LogP contribution in [0.5, 0.6) is 5.75 Å². The fraction of sp³-hybridized carbons (Fsp3) is 0.317. The highest BCUT2D eigenvalue weighted by Gasteiger charge is 2.61. The van der Waals surface area contributed by atoms with Crippen molar-refractivity contribution in [2.75, 3.05) is 5.32 Å². The summed E-state index contributed by atoms with van der Waals surface area (Å²) in [4.78, 5) is 37.3. The summed E-state index contributed by atoms with van der Waals surface area (Å²) >= 11 is 0. The highest BCUT2D eigenvalue weighted by molar-refractivity contribution is 5.97. The Balaban J connectivity index is 1.27. The zero-order chi connectivity index (χ0) is 35.6. The molecule has 3 aromatic carbocycles. The predicted molar refractivity (Wildman–Crippen MR) is 191 cm³/mol. The number of allylic oxidation sites excluding steroid dienone is 1. The van der Waals surface area contributed by atoms with E-state index in [0.29, 0.717) is 28.9 Å². The number of oxazole rings is 2. The number of hydrogen-bond donors (Lipinski definition) is 4. The second kappa shape index (κ2) is 10.9. The number of ether oxygens (including phenoxy) is 1. The van der Waals surface area contributed by atoms with E-state index >= 15 is 0 Å². The van der Waals surface area contributed by atoms with Gasteiger partial charge in [0.15, 0.2) is 23.4 Å². The summed E-state index contributed by atoms with van der Waals surface area (Å²) < 4.78 is 20.5. The number of aliphatic hydroxyl groups is 1. The van der Waals surface area contributed by atoms with Crippen LogP contribution in [0.2, 0.25) is 0 Å². The highest BCUT2D eigenvalue weighted by Crippen LogP contribution is 2.61. The van der Waals surface area contributed by atoms with Crippen molar-refractivity contribution in [3.63, 3.8) is 0 Å². The second-order valence-corrected chi connectivity index (χ2v) is 15.1. The number of rotatable bonds is 4. The Kier molecular flexibility index (Phi) is 6.52. The number of nitrogens with zero attached hydrogens (tertiary/aromatic N) is 2. The van der Waals surface area contributed by atoms with Crippen molar-refractivity contribution in [3.8, 4) is 28.5 Å². The minimum absolute atomic E-state index is 0.162. The van der Waals surface area contributed by atoms with E-state index < -0.39 is 41.6 Å². The van der Waals surface area contributed by atoms with Crippen LogP contribution in [0.25, 0.3) is 28.3 Å². The fourth-order valence-electron chi connectivity index (χ4n) is 8.66. The molecule has 0 saturated heterocycles. The third-order valence-corrected chi connectivity index (χ3v) is 11.3. The SMILES string of the molecule is CC(C)[C@H](O)C(=O)N[C@H]1Cc2ccc3c(c2)[C@]24c5cccc(c5NC2O3)-c2cccc3c2C(=CC3)c2cnc(o2)-c2nc(oc24)[C@H](C(C)C)NC1=O. The molecule has 11 heteroatoms. The molecule has 6 heterocycles. The average molecular weight is 696 g/mol. The van der Waals surface area contributed by atoms with Gasteiger partial charge in [0.05, 0.1) is 6.20 Å².